The van der Waals surface area contributed by atoms with E-state index in [1.807, 2.05) is 0 Å². The number of nitrogens with zero attached hydrogens (tertiary/aromatic N) is 3. The van der Waals surface area contributed by atoms with Crippen LogP contribution in [0.2, 0.25) is 0 Å². The minimum atomic E-state index is 0. The van der Waals surface area contributed by atoms with Crippen LogP contribution in [0.4, 0.5) is 0 Å². The summed E-state index contributed by atoms with van der Waals surface area (Å²) < 4.78 is 3.63. The monoisotopic (exact) mass is 453 g/mol. The van der Waals surface area contributed by atoms with Crippen molar-refractivity contribution >= 4 is 0 Å². The van der Waals surface area contributed by atoms with Gasteiger partial charge in [0.2, 0.25) is 0 Å². The molecule has 27 heavy (non-hydrogen) atoms. The lowest BCUT2D eigenvalue weighted by atomic mass is 10.4. The summed E-state index contributed by atoms with van der Waals surface area (Å²) >= 11 is 0. The summed E-state index contributed by atoms with van der Waals surface area (Å²) in [4.78, 5) is 0. The summed E-state index contributed by atoms with van der Waals surface area (Å²) in [6.07, 6.45) is 0. The van der Waals surface area contributed by atoms with E-state index in [2.05, 4.69) is 83.5 Å². The summed E-state index contributed by atoms with van der Waals surface area (Å²) in [5, 5.41) is 0. The summed E-state index contributed by atoms with van der Waals surface area (Å²) in [6.45, 7) is 31.5. The Kier molecular flexibility index (Phi) is 35.8. The van der Waals surface area contributed by atoms with Crippen molar-refractivity contribution < 1.29 is 50.7 Å². The number of rotatable bonds is 9. The van der Waals surface area contributed by atoms with E-state index < -0.39 is 0 Å². The highest BCUT2D eigenvalue weighted by molar-refractivity contribution is 4.26. The third-order valence-electron chi connectivity index (χ3n) is 6.87. The molecule has 3 nitrogen and oxygen atoms in total. The number of hydrogen-bond donors (Lipinski definition) is 0. The van der Waals surface area contributed by atoms with Crippen molar-refractivity contribution in [3.8, 4) is 0 Å². The maximum absolute atomic E-state index is 2.29. The van der Waals surface area contributed by atoms with Crippen molar-refractivity contribution in [2.45, 2.75) is 62.3 Å². The smallest absolute Gasteiger partial charge is 0.0755 e. The molecule has 0 bridgehead atoms. The van der Waals surface area contributed by atoms with E-state index in [1.54, 1.807) is 0 Å². The highest BCUT2D eigenvalue weighted by Crippen LogP contribution is 1.99. The van der Waals surface area contributed by atoms with E-state index in [-0.39, 0.29) is 37.2 Å². The number of hydrogen-bond acceptors (Lipinski definition) is 0. The maximum atomic E-state index is 2.29. The lowest BCUT2D eigenvalue weighted by molar-refractivity contribution is -0.904. The first kappa shape index (κ1) is 42.0. The number of quaternary nitrogens is 3. The van der Waals surface area contributed by atoms with Gasteiger partial charge >= 0.3 is 0 Å². The van der Waals surface area contributed by atoms with E-state index in [9.17, 15) is 0 Å². The molecule has 0 aromatic heterocycles. The molecule has 174 valence electrons. The third kappa shape index (κ3) is 21.3. The summed E-state index contributed by atoms with van der Waals surface area (Å²) in [7, 11) is 6.88. The molecule has 0 heterocycles. The first-order valence-electron chi connectivity index (χ1n) is 10.6. The van der Waals surface area contributed by atoms with E-state index in [0.717, 1.165) is 0 Å². The van der Waals surface area contributed by atoms with Crippen LogP contribution in [0.3, 0.4) is 0 Å². The Labute approximate surface area is 192 Å². The standard InChI is InChI=1S/3C7H18N.3ClH/c3*1-5-8(4,6-2)7-3;;;/h3*5-7H2,1-4H3;3*1H/q3*+1;;;/p-3. The van der Waals surface area contributed by atoms with Gasteiger partial charge in [0, 0.05) is 0 Å². The topological polar surface area (TPSA) is 0 Å². The van der Waals surface area contributed by atoms with Gasteiger partial charge in [-0.3, -0.25) is 0 Å². The van der Waals surface area contributed by atoms with Crippen molar-refractivity contribution in [3.05, 3.63) is 0 Å². The minimum Gasteiger partial charge on any atom is -1.00 e. The molecule has 0 aromatic carbocycles. The average molecular weight is 455 g/mol. The Morgan fingerprint density at radius 2 is 0.370 bits per heavy atom. The molecular formula is C21H54Cl3N3. The second-order valence-corrected chi connectivity index (χ2v) is 7.70. The van der Waals surface area contributed by atoms with Crippen molar-refractivity contribution in [2.75, 3.05) is 80.0 Å². The highest BCUT2D eigenvalue weighted by Gasteiger charge is 2.12. The maximum Gasteiger partial charge on any atom is 0.0755 e. The first-order chi connectivity index (χ1) is 11.0. The van der Waals surface area contributed by atoms with Gasteiger partial charge in [0.25, 0.3) is 0 Å². The van der Waals surface area contributed by atoms with Gasteiger partial charge in [-0.1, -0.05) is 0 Å². The van der Waals surface area contributed by atoms with Crippen LogP contribution >= 0.6 is 0 Å². The largest absolute Gasteiger partial charge is 1.00 e. The van der Waals surface area contributed by atoms with E-state index in [1.165, 1.54) is 72.4 Å². The Morgan fingerprint density at radius 1 is 0.296 bits per heavy atom. The van der Waals surface area contributed by atoms with Crippen LogP contribution < -0.4 is 37.2 Å². The molecule has 0 rings (SSSR count). The van der Waals surface area contributed by atoms with Crippen LogP contribution in [0.5, 0.6) is 0 Å². The fraction of sp³-hybridized carbons (Fsp3) is 1.00. The fourth-order valence-corrected chi connectivity index (χ4v) is 2.01. The Morgan fingerprint density at radius 3 is 0.370 bits per heavy atom. The zero-order chi connectivity index (χ0) is 19.9. The molecule has 0 aromatic rings. The van der Waals surface area contributed by atoms with Crippen LogP contribution in [-0.2, 0) is 0 Å². The zero-order valence-corrected chi connectivity index (χ0v) is 23.1. The van der Waals surface area contributed by atoms with Crippen molar-refractivity contribution in [2.24, 2.45) is 0 Å². The van der Waals surface area contributed by atoms with E-state index >= 15 is 0 Å². The molecule has 0 radical (unpaired) electrons. The molecular weight excluding hydrogens is 401 g/mol. The molecule has 0 aliphatic carbocycles. The minimum absolute atomic E-state index is 0. The van der Waals surface area contributed by atoms with Crippen molar-refractivity contribution in [1.82, 2.24) is 0 Å². The lowest BCUT2D eigenvalue weighted by Gasteiger charge is -2.30. The summed E-state index contributed by atoms with van der Waals surface area (Å²) in [5.41, 5.74) is 0. The van der Waals surface area contributed by atoms with Gasteiger partial charge < -0.3 is 50.7 Å². The molecule has 0 amide bonds. The van der Waals surface area contributed by atoms with E-state index in [0.29, 0.717) is 0 Å². The second-order valence-electron chi connectivity index (χ2n) is 7.70. The van der Waals surface area contributed by atoms with Gasteiger partial charge in [-0.05, 0) is 62.3 Å². The lowest BCUT2D eigenvalue weighted by Crippen LogP contribution is -3.00. The van der Waals surface area contributed by atoms with Gasteiger partial charge in [-0.2, -0.15) is 0 Å². The molecule has 0 saturated heterocycles. The van der Waals surface area contributed by atoms with Gasteiger partial charge in [-0.25, -0.2) is 0 Å². The summed E-state index contributed by atoms with van der Waals surface area (Å²) in [5.74, 6) is 0. The molecule has 0 aliphatic heterocycles. The Bertz CT molecular complexity index is 198. The van der Waals surface area contributed by atoms with Gasteiger partial charge in [0.05, 0.1) is 80.0 Å². The average Bonchev–Trinajstić information content (AvgIpc) is 2.67. The third-order valence-corrected chi connectivity index (χ3v) is 6.87. The van der Waals surface area contributed by atoms with Crippen LogP contribution in [0, 0.1) is 0 Å². The van der Waals surface area contributed by atoms with Gasteiger partial charge in [0.1, 0.15) is 0 Å². The second kappa shape index (κ2) is 23.0. The van der Waals surface area contributed by atoms with Gasteiger partial charge in [-0.15, -0.1) is 0 Å². The normalized spacial score (nSPS) is 10.7. The zero-order valence-electron chi connectivity index (χ0n) is 20.8. The molecule has 0 fully saturated rings. The molecule has 0 spiro atoms. The first-order valence-corrected chi connectivity index (χ1v) is 10.6. The molecule has 6 heteroatoms. The molecule has 0 N–H and O–H groups in total. The fourth-order valence-electron chi connectivity index (χ4n) is 2.01. The van der Waals surface area contributed by atoms with Crippen LogP contribution in [-0.4, -0.2) is 93.5 Å². The molecule has 0 unspecified atom stereocenters. The number of halogens is 3. The van der Waals surface area contributed by atoms with Crippen molar-refractivity contribution in [3.63, 3.8) is 0 Å². The SMILES string of the molecule is CC[N+](C)(CC)CC.CC[N+](C)(CC)CC.CC[N+](C)(CC)CC.[Cl-].[Cl-].[Cl-]. The summed E-state index contributed by atoms with van der Waals surface area (Å²) in [6, 6.07) is 0. The van der Waals surface area contributed by atoms with Gasteiger partial charge in [0.15, 0.2) is 0 Å². The highest BCUT2D eigenvalue weighted by atomic mass is 35.5. The molecule has 0 atom stereocenters. The molecule has 0 aliphatic rings. The predicted molar refractivity (Wildman–Crippen MR) is 113 cm³/mol. The Hall–Kier alpha value is 0.750. The van der Waals surface area contributed by atoms with Crippen LogP contribution in [0.15, 0.2) is 0 Å². The quantitative estimate of drug-likeness (QED) is 0.308. The van der Waals surface area contributed by atoms with E-state index in [4.69, 9.17) is 0 Å². The van der Waals surface area contributed by atoms with Crippen LogP contribution in [0.25, 0.3) is 0 Å². The predicted octanol–water partition coefficient (Wildman–Crippen LogP) is -4.51. The Balaban J connectivity index is -0.0000000580. The van der Waals surface area contributed by atoms with Crippen LogP contribution in [0.1, 0.15) is 62.3 Å². The van der Waals surface area contributed by atoms with Crippen molar-refractivity contribution in [1.29, 1.82) is 0 Å². The molecule has 0 saturated carbocycles.